The van der Waals surface area contributed by atoms with Gasteiger partial charge in [0.15, 0.2) is 6.61 Å². The van der Waals surface area contributed by atoms with Gasteiger partial charge in [-0.05, 0) is 49.9 Å². The fourth-order valence-electron chi connectivity index (χ4n) is 3.88. The van der Waals surface area contributed by atoms with Crippen LogP contribution in [0.2, 0.25) is 0 Å². The van der Waals surface area contributed by atoms with Gasteiger partial charge in [-0.15, -0.1) is 0 Å². The molecule has 1 aromatic rings. The number of halogens is 2. The fourth-order valence-corrected chi connectivity index (χ4v) is 5.12. The molecule has 3 rings (SSSR count). The first kappa shape index (κ1) is 22.0. The van der Waals surface area contributed by atoms with Crippen molar-refractivity contribution in [2.45, 2.75) is 36.3 Å². The first-order chi connectivity index (χ1) is 13.7. The second-order valence-corrected chi connectivity index (χ2v) is 9.92. The lowest BCUT2D eigenvalue weighted by molar-refractivity contribution is -0.154. The first-order valence-electron chi connectivity index (χ1n) is 9.33. The molecule has 4 atom stereocenters. The van der Waals surface area contributed by atoms with E-state index in [0.717, 1.165) is 16.0 Å². The molecule has 3 amide bonds. The second-order valence-electron chi connectivity index (χ2n) is 7.56. The molecular formula is C20H22Br2N2O5. The molecule has 1 aliphatic heterocycles. The van der Waals surface area contributed by atoms with Gasteiger partial charge >= 0.3 is 5.97 Å². The summed E-state index contributed by atoms with van der Waals surface area (Å²) in [5, 5.41) is 2.67. The smallest absolute Gasteiger partial charge is 0.326 e. The van der Waals surface area contributed by atoms with E-state index in [1.165, 1.54) is 0 Å². The van der Waals surface area contributed by atoms with Gasteiger partial charge in [0.1, 0.15) is 6.54 Å². The van der Waals surface area contributed by atoms with E-state index in [2.05, 4.69) is 37.2 Å². The van der Waals surface area contributed by atoms with Crippen LogP contribution in [0.5, 0.6) is 0 Å². The minimum Gasteiger partial charge on any atom is -0.454 e. The van der Waals surface area contributed by atoms with Crippen LogP contribution in [0.3, 0.4) is 0 Å². The van der Waals surface area contributed by atoms with Crippen LogP contribution in [0.1, 0.15) is 24.0 Å². The average Bonchev–Trinajstić information content (AvgIpc) is 2.84. The summed E-state index contributed by atoms with van der Waals surface area (Å²) in [6.45, 7) is 2.88. The van der Waals surface area contributed by atoms with Gasteiger partial charge in [0.25, 0.3) is 5.91 Å². The Kier molecular flexibility index (Phi) is 6.78. The molecule has 1 N–H and O–H groups in total. The van der Waals surface area contributed by atoms with E-state index in [0.29, 0.717) is 18.5 Å². The third-order valence-corrected chi connectivity index (χ3v) is 7.89. The topological polar surface area (TPSA) is 92.8 Å². The van der Waals surface area contributed by atoms with E-state index >= 15 is 0 Å². The number of alkyl halides is 2. The van der Waals surface area contributed by atoms with Crippen LogP contribution in [0.4, 0.5) is 5.69 Å². The Morgan fingerprint density at radius 2 is 1.55 bits per heavy atom. The highest BCUT2D eigenvalue weighted by atomic mass is 79.9. The van der Waals surface area contributed by atoms with Gasteiger partial charge in [-0.1, -0.05) is 37.9 Å². The van der Waals surface area contributed by atoms with E-state index in [9.17, 15) is 19.2 Å². The Balaban J connectivity index is 1.52. The van der Waals surface area contributed by atoms with Crippen LogP contribution in [0.15, 0.2) is 18.2 Å². The molecule has 29 heavy (non-hydrogen) atoms. The first-order valence-corrected chi connectivity index (χ1v) is 11.2. The van der Waals surface area contributed by atoms with Crippen LogP contribution >= 0.6 is 31.9 Å². The van der Waals surface area contributed by atoms with E-state index in [1.807, 2.05) is 32.0 Å². The summed E-state index contributed by atoms with van der Waals surface area (Å²) in [6, 6.07) is 5.60. The van der Waals surface area contributed by atoms with Gasteiger partial charge in [0.2, 0.25) is 11.8 Å². The number of amides is 3. The SMILES string of the molecule is Cc1cc(C)cc(NC(=O)COC(=O)CN2C(=O)[C@@H]3C[C@@H](Br)[C@@H](Br)C[C@H]3C2=O)c1. The normalized spacial score (nSPS) is 26.3. The summed E-state index contributed by atoms with van der Waals surface area (Å²) in [4.78, 5) is 50.4. The van der Waals surface area contributed by atoms with Gasteiger partial charge in [-0.2, -0.15) is 0 Å². The molecule has 7 nitrogen and oxygen atoms in total. The van der Waals surface area contributed by atoms with Crippen molar-refractivity contribution in [1.29, 1.82) is 0 Å². The number of rotatable bonds is 5. The van der Waals surface area contributed by atoms with Crippen LogP contribution in [0, 0.1) is 25.7 Å². The van der Waals surface area contributed by atoms with Crippen LogP contribution in [0.25, 0.3) is 0 Å². The lowest BCUT2D eigenvalue weighted by Crippen LogP contribution is -2.37. The van der Waals surface area contributed by atoms with Crippen LogP contribution in [-0.4, -0.2) is 51.4 Å². The summed E-state index contributed by atoms with van der Waals surface area (Å²) in [5.41, 5.74) is 2.62. The molecule has 2 aliphatic rings. The molecule has 0 spiro atoms. The predicted octanol–water partition coefficient (Wildman–Crippen LogP) is 2.71. The maximum absolute atomic E-state index is 12.6. The van der Waals surface area contributed by atoms with Gasteiger partial charge in [-0.3, -0.25) is 24.1 Å². The Morgan fingerprint density at radius 3 is 2.07 bits per heavy atom. The number of hydrogen-bond donors (Lipinski definition) is 1. The third-order valence-electron chi connectivity index (χ3n) is 5.16. The van der Waals surface area contributed by atoms with Gasteiger partial charge < -0.3 is 10.1 Å². The maximum Gasteiger partial charge on any atom is 0.326 e. The van der Waals surface area contributed by atoms with Crippen LogP contribution < -0.4 is 5.32 Å². The molecule has 1 saturated heterocycles. The average molecular weight is 530 g/mol. The molecule has 0 aromatic heterocycles. The zero-order valence-corrected chi connectivity index (χ0v) is 19.3. The number of nitrogens with zero attached hydrogens (tertiary/aromatic N) is 1. The Hall–Kier alpha value is -1.74. The van der Waals surface area contributed by atoms with E-state index < -0.39 is 36.9 Å². The summed E-state index contributed by atoms with van der Waals surface area (Å²) in [6.07, 6.45) is 1.07. The number of carbonyl (C=O) groups is 4. The van der Waals surface area contributed by atoms with Crippen molar-refractivity contribution in [2.75, 3.05) is 18.5 Å². The molecule has 1 saturated carbocycles. The number of esters is 1. The number of fused-ring (bicyclic) bond motifs is 1. The highest BCUT2D eigenvalue weighted by Gasteiger charge is 2.52. The molecule has 156 valence electrons. The highest BCUT2D eigenvalue weighted by Crippen LogP contribution is 2.43. The molecule has 0 radical (unpaired) electrons. The zero-order valence-electron chi connectivity index (χ0n) is 16.1. The minimum atomic E-state index is -0.785. The number of imide groups is 1. The van der Waals surface area contributed by atoms with Gasteiger partial charge in [-0.25, -0.2) is 0 Å². The lowest BCUT2D eigenvalue weighted by Gasteiger charge is -2.29. The van der Waals surface area contributed by atoms with Crippen LogP contribution in [-0.2, 0) is 23.9 Å². The van der Waals surface area contributed by atoms with E-state index in [-0.39, 0.29) is 21.5 Å². The monoisotopic (exact) mass is 528 g/mol. The van der Waals surface area contributed by atoms with Crippen molar-refractivity contribution in [2.24, 2.45) is 11.8 Å². The van der Waals surface area contributed by atoms with Crippen molar-refractivity contribution in [3.8, 4) is 0 Å². The Labute approximate surface area is 185 Å². The molecular weight excluding hydrogens is 508 g/mol. The van der Waals surface area contributed by atoms with Crippen molar-refractivity contribution in [1.82, 2.24) is 4.90 Å². The van der Waals surface area contributed by atoms with Crippen molar-refractivity contribution < 1.29 is 23.9 Å². The van der Waals surface area contributed by atoms with Gasteiger partial charge in [0, 0.05) is 15.3 Å². The van der Waals surface area contributed by atoms with Crippen molar-refractivity contribution >= 4 is 61.2 Å². The summed E-state index contributed by atoms with van der Waals surface area (Å²) < 4.78 is 4.98. The number of nitrogens with one attached hydrogen (secondary N) is 1. The lowest BCUT2D eigenvalue weighted by atomic mass is 9.81. The number of aryl methyl sites for hydroxylation is 2. The number of ether oxygens (including phenoxy) is 1. The summed E-state index contributed by atoms with van der Waals surface area (Å²) in [7, 11) is 0. The zero-order chi connectivity index (χ0) is 21.3. The highest BCUT2D eigenvalue weighted by molar-refractivity contribution is 9.12. The molecule has 1 heterocycles. The predicted molar refractivity (Wildman–Crippen MR) is 114 cm³/mol. The summed E-state index contributed by atoms with van der Waals surface area (Å²) in [5.74, 6) is -2.80. The molecule has 2 fully saturated rings. The maximum atomic E-state index is 12.6. The molecule has 9 heteroatoms. The standard InChI is InChI=1S/C20H22Br2N2O5/c1-10-3-11(2)5-12(4-10)23-17(25)9-29-18(26)8-24-19(27)13-6-15(21)16(22)7-14(13)20(24)28/h3-5,13-16H,6-9H2,1-2H3,(H,23,25)/t13-,14-,15-,16+/m1/s1. The molecule has 0 bridgehead atoms. The Bertz CT molecular complexity index is 811. The van der Waals surface area contributed by atoms with Crippen molar-refractivity contribution in [3.63, 3.8) is 0 Å². The van der Waals surface area contributed by atoms with Crippen molar-refractivity contribution in [3.05, 3.63) is 29.3 Å². The largest absolute Gasteiger partial charge is 0.454 e. The fraction of sp³-hybridized carbons (Fsp3) is 0.500. The number of hydrogen-bond acceptors (Lipinski definition) is 5. The van der Waals surface area contributed by atoms with Gasteiger partial charge in [0.05, 0.1) is 11.8 Å². The quantitative estimate of drug-likeness (QED) is 0.359. The third kappa shape index (κ3) is 5.06. The number of likely N-dealkylation sites (tertiary alicyclic amines) is 1. The number of benzene rings is 1. The Morgan fingerprint density at radius 1 is 1.03 bits per heavy atom. The number of carbonyl (C=O) groups excluding carboxylic acids is 4. The number of anilines is 1. The summed E-state index contributed by atoms with van der Waals surface area (Å²) >= 11 is 7.04. The minimum absolute atomic E-state index is 0.0985. The molecule has 1 aliphatic carbocycles. The molecule has 1 aromatic carbocycles. The van der Waals surface area contributed by atoms with E-state index in [1.54, 1.807) is 0 Å². The molecule has 0 unspecified atom stereocenters. The van der Waals surface area contributed by atoms with E-state index in [4.69, 9.17) is 4.74 Å². The second kappa shape index (κ2) is 8.95.